The van der Waals surface area contributed by atoms with Crippen molar-refractivity contribution in [2.45, 2.75) is 44.2 Å². The van der Waals surface area contributed by atoms with Crippen molar-refractivity contribution in [2.75, 3.05) is 13.2 Å². The number of carbonyl (C=O) groups is 2. The fraction of sp³-hybridized carbons (Fsp3) is 0.474. The minimum atomic E-state index is -0.623. The lowest BCUT2D eigenvalue weighted by Gasteiger charge is -2.56. The van der Waals surface area contributed by atoms with Crippen LogP contribution < -0.4 is 4.74 Å². The summed E-state index contributed by atoms with van der Waals surface area (Å²) in [5.41, 5.74) is -0.235. The quantitative estimate of drug-likeness (QED) is 0.619. The molecule has 0 atom stereocenters. The lowest BCUT2D eigenvalue weighted by atomic mass is 9.76. The van der Waals surface area contributed by atoms with Gasteiger partial charge in [0.1, 0.15) is 5.75 Å². The van der Waals surface area contributed by atoms with Gasteiger partial charge in [0.2, 0.25) is 0 Å². The number of benzene rings is 1. The molecule has 1 aromatic rings. The average Bonchev–Trinajstić information content (AvgIpc) is 3.15. The third-order valence-corrected chi connectivity index (χ3v) is 5.39. The molecule has 0 spiro atoms. The highest BCUT2D eigenvalue weighted by Crippen LogP contribution is 2.45. The topological polar surface area (TPSA) is 59.1 Å². The number of ether oxygens (including phenoxy) is 2. The van der Waals surface area contributed by atoms with Crippen LogP contribution in [0, 0.1) is 0 Å². The normalized spacial score (nSPS) is 27.2. The molecule has 3 heterocycles. The van der Waals surface area contributed by atoms with E-state index in [0.29, 0.717) is 24.0 Å². The molecule has 0 radical (unpaired) electrons. The van der Waals surface area contributed by atoms with Gasteiger partial charge in [0, 0.05) is 18.8 Å². The van der Waals surface area contributed by atoms with Gasteiger partial charge in [0.25, 0.3) is 0 Å². The van der Waals surface area contributed by atoms with Gasteiger partial charge >= 0.3 is 11.9 Å². The van der Waals surface area contributed by atoms with Crippen molar-refractivity contribution in [2.24, 2.45) is 0 Å². The fourth-order valence-corrected chi connectivity index (χ4v) is 4.15. The Bertz CT molecular complexity index is 722. The van der Waals surface area contributed by atoms with Crippen LogP contribution in [0.1, 0.15) is 43.0 Å². The van der Waals surface area contributed by atoms with Crippen LogP contribution in [0.15, 0.2) is 36.5 Å². The average molecular weight is 342 g/mol. The highest BCUT2D eigenvalue weighted by molar-refractivity contribution is 5.90. The number of rotatable bonds is 4. The van der Waals surface area contributed by atoms with Crippen molar-refractivity contribution in [3.63, 3.8) is 0 Å². The molecule has 3 fully saturated rings. The van der Waals surface area contributed by atoms with Gasteiger partial charge in [-0.3, -0.25) is 5.01 Å². The molecule has 132 valence electrons. The highest BCUT2D eigenvalue weighted by atomic mass is 16.5. The Morgan fingerprint density at radius 1 is 1.28 bits per heavy atom. The SMILES string of the molecule is CCOC(=O)c1cccc(OC(=O)C23CCC(CC2)N2CC=CN23)c1. The number of fused-ring (bicyclic) bond motifs is 2. The summed E-state index contributed by atoms with van der Waals surface area (Å²) in [5, 5.41) is 4.34. The Balaban J connectivity index is 1.55. The molecule has 6 heteroatoms. The van der Waals surface area contributed by atoms with E-state index in [0.717, 1.165) is 32.2 Å². The third-order valence-electron chi connectivity index (χ3n) is 5.39. The van der Waals surface area contributed by atoms with Gasteiger partial charge < -0.3 is 9.47 Å². The van der Waals surface area contributed by atoms with Crippen molar-refractivity contribution < 1.29 is 19.1 Å². The Morgan fingerprint density at radius 3 is 2.84 bits per heavy atom. The molecule has 6 nitrogen and oxygen atoms in total. The first kappa shape index (κ1) is 16.1. The lowest BCUT2D eigenvalue weighted by Crippen LogP contribution is -2.68. The van der Waals surface area contributed by atoms with Crippen LogP contribution in [0.4, 0.5) is 0 Å². The highest BCUT2D eigenvalue weighted by Gasteiger charge is 2.56. The number of hydrazine groups is 1. The summed E-state index contributed by atoms with van der Waals surface area (Å²) in [5.74, 6) is -0.277. The third kappa shape index (κ3) is 2.61. The van der Waals surface area contributed by atoms with Gasteiger partial charge in [0.05, 0.1) is 12.2 Å². The summed E-state index contributed by atoms with van der Waals surface area (Å²) in [6, 6.07) is 7.15. The smallest absolute Gasteiger partial charge is 0.338 e. The van der Waals surface area contributed by atoms with E-state index in [4.69, 9.17) is 9.47 Å². The molecular formula is C19H22N2O4. The Kier molecular flexibility index (Phi) is 4.00. The molecule has 1 aliphatic carbocycles. The van der Waals surface area contributed by atoms with E-state index in [-0.39, 0.29) is 5.97 Å². The van der Waals surface area contributed by atoms with Crippen LogP contribution in [0.25, 0.3) is 0 Å². The molecule has 4 aliphatic rings. The summed E-state index contributed by atoms with van der Waals surface area (Å²) in [7, 11) is 0. The molecular weight excluding hydrogens is 320 g/mol. The second kappa shape index (κ2) is 6.19. The minimum Gasteiger partial charge on any atom is -0.462 e. The van der Waals surface area contributed by atoms with E-state index >= 15 is 0 Å². The maximum atomic E-state index is 13.1. The number of hydrogen-bond acceptors (Lipinski definition) is 6. The van der Waals surface area contributed by atoms with E-state index in [1.807, 2.05) is 6.20 Å². The standard InChI is InChI=1S/C19H22N2O4/c1-2-24-17(22)14-5-3-6-16(13-14)25-18(23)19-9-7-15(8-10-19)20-11-4-12-21(19)20/h3-6,12-13,15H,2,7-11H2,1H3. The van der Waals surface area contributed by atoms with E-state index < -0.39 is 11.5 Å². The van der Waals surface area contributed by atoms with Crippen molar-refractivity contribution in [3.8, 4) is 5.75 Å². The van der Waals surface area contributed by atoms with Gasteiger partial charge in [-0.25, -0.2) is 14.6 Å². The van der Waals surface area contributed by atoms with Crippen molar-refractivity contribution in [3.05, 3.63) is 42.1 Å². The summed E-state index contributed by atoms with van der Waals surface area (Å²) in [6.45, 7) is 2.93. The Morgan fingerprint density at radius 2 is 2.08 bits per heavy atom. The zero-order valence-corrected chi connectivity index (χ0v) is 14.3. The van der Waals surface area contributed by atoms with Gasteiger partial charge in [-0.2, -0.15) is 0 Å². The molecule has 2 bridgehead atoms. The van der Waals surface area contributed by atoms with Crippen LogP contribution in [-0.4, -0.2) is 46.7 Å². The molecule has 25 heavy (non-hydrogen) atoms. The molecule has 0 aromatic heterocycles. The maximum absolute atomic E-state index is 13.1. The number of nitrogens with zero attached hydrogens (tertiary/aromatic N) is 2. The van der Waals surface area contributed by atoms with Crippen molar-refractivity contribution in [1.29, 1.82) is 0 Å². The zero-order valence-electron chi connectivity index (χ0n) is 14.3. The van der Waals surface area contributed by atoms with Gasteiger partial charge in [-0.15, -0.1) is 0 Å². The molecule has 0 N–H and O–H groups in total. The van der Waals surface area contributed by atoms with E-state index in [1.54, 1.807) is 31.2 Å². The maximum Gasteiger partial charge on any atom is 0.338 e. The van der Waals surface area contributed by atoms with Crippen molar-refractivity contribution in [1.82, 2.24) is 10.0 Å². The molecule has 2 saturated heterocycles. The lowest BCUT2D eigenvalue weighted by molar-refractivity contribution is -0.189. The number of carbonyl (C=O) groups excluding carboxylic acids is 2. The fourth-order valence-electron chi connectivity index (χ4n) is 4.15. The summed E-state index contributed by atoms with van der Waals surface area (Å²) < 4.78 is 10.7. The molecule has 0 unspecified atom stereocenters. The van der Waals surface area contributed by atoms with Gasteiger partial charge in [-0.1, -0.05) is 12.1 Å². The molecule has 5 rings (SSSR count). The van der Waals surface area contributed by atoms with Gasteiger partial charge in [0.15, 0.2) is 5.54 Å². The van der Waals surface area contributed by atoms with Crippen LogP contribution in [0.2, 0.25) is 0 Å². The monoisotopic (exact) mass is 342 g/mol. The molecule has 1 saturated carbocycles. The van der Waals surface area contributed by atoms with Crippen LogP contribution in [-0.2, 0) is 9.53 Å². The second-order valence-corrected chi connectivity index (χ2v) is 6.75. The first-order chi connectivity index (χ1) is 12.1. The van der Waals surface area contributed by atoms with E-state index in [1.165, 1.54) is 0 Å². The van der Waals surface area contributed by atoms with Crippen molar-refractivity contribution >= 4 is 11.9 Å². The Hall–Kier alpha value is -2.34. The summed E-state index contributed by atoms with van der Waals surface area (Å²) in [6.07, 6.45) is 7.71. The number of hydrogen-bond donors (Lipinski definition) is 0. The molecule has 0 amide bonds. The van der Waals surface area contributed by atoms with E-state index in [2.05, 4.69) is 16.1 Å². The second-order valence-electron chi connectivity index (χ2n) is 6.75. The van der Waals surface area contributed by atoms with Crippen LogP contribution in [0.5, 0.6) is 5.75 Å². The molecule has 3 aliphatic heterocycles. The van der Waals surface area contributed by atoms with Crippen LogP contribution >= 0.6 is 0 Å². The zero-order chi connectivity index (χ0) is 17.4. The first-order valence-electron chi connectivity index (χ1n) is 8.86. The van der Waals surface area contributed by atoms with Crippen LogP contribution in [0.3, 0.4) is 0 Å². The summed E-state index contributed by atoms with van der Waals surface area (Å²) in [4.78, 5) is 24.9. The predicted molar refractivity (Wildman–Crippen MR) is 90.7 cm³/mol. The summed E-state index contributed by atoms with van der Waals surface area (Å²) >= 11 is 0. The predicted octanol–water partition coefficient (Wildman–Crippen LogP) is 2.51. The Labute approximate surface area is 147 Å². The molecule has 1 aromatic carbocycles. The largest absolute Gasteiger partial charge is 0.462 e. The van der Waals surface area contributed by atoms with E-state index in [9.17, 15) is 9.59 Å². The number of esters is 2. The van der Waals surface area contributed by atoms with Gasteiger partial charge in [-0.05, 0) is 50.8 Å². The minimum absolute atomic E-state index is 0.247. The first-order valence-corrected chi connectivity index (χ1v) is 8.86.